The molecular formula is C39H41F2N6O8P. The third-order valence-electron chi connectivity index (χ3n) is 10.2. The van der Waals surface area contributed by atoms with E-state index in [1.165, 1.54) is 17.0 Å². The normalized spacial score (nSPS) is 20.6. The first-order chi connectivity index (χ1) is 26.8. The van der Waals surface area contributed by atoms with Gasteiger partial charge in [0.1, 0.15) is 23.8 Å². The number of aromatic nitrogens is 1. The quantitative estimate of drug-likeness (QED) is 0.102. The number of nitrogens with one attached hydrogen (secondary N) is 4. The van der Waals surface area contributed by atoms with Gasteiger partial charge in [-0.2, -0.15) is 8.78 Å². The second-order valence-corrected chi connectivity index (χ2v) is 14.3. The van der Waals surface area contributed by atoms with Crippen LogP contribution >= 0.6 is 8.69 Å². The Kier molecular flexibility index (Phi) is 12.5. The topological polar surface area (TPSA) is 213 Å². The third kappa shape index (κ3) is 9.27. The lowest BCUT2D eigenvalue weighted by atomic mass is 9.96. The highest BCUT2D eigenvalue weighted by atomic mass is 31.1. The number of rotatable bonds is 14. The van der Waals surface area contributed by atoms with Crippen LogP contribution < -0.4 is 21.7 Å². The van der Waals surface area contributed by atoms with Gasteiger partial charge < -0.3 is 36.7 Å². The van der Waals surface area contributed by atoms with E-state index in [-0.39, 0.29) is 49.6 Å². The smallest absolute Gasteiger partial charge is 0.393 e. The fourth-order valence-corrected chi connectivity index (χ4v) is 7.62. The standard InChI is InChI=1S/C39H41F2N6O8P/c40-39(41,55-56-54)25-11-14-28-24(19-25)20-31(43-28)36(51)45-30-15-13-27(48)21-26-12-17-32(47(26)38(30)53)37(52)44-29(16-18-33(42)49)35(50)46-34(22-7-3-1-4-8-22)23-9-5-2-6-10-23/h1-11,14,19-20,26-27,29-30,32,34,43,48H,12-13,15-18,21H2,(H2,42,49)(H,44,52)(H,45,51)(H,46,50)/t26-,27-,29+,30+,32+/m1/s1. The summed E-state index contributed by atoms with van der Waals surface area (Å²) in [5.41, 5.74) is 6.71. The maximum Gasteiger partial charge on any atom is 0.393 e. The van der Waals surface area contributed by atoms with E-state index in [1.807, 2.05) is 60.7 Å². The average molecular weight is 791 g/mol. The Bertz CT molecular complexity index is 2050. The minimum Gasteiger partial charge on any atom is -0.393 e. The van der Waals surface area contributed by atoms with Crippen LogP contribution in [-0.4, -0.2) is 74.8 Å². The number of halogens is 2. The van der Waals surface area contributed by atoms with Crippen molar-refractivity contribution in [2.75, 3.05) is 0 Å². The lowest BCUT2D eigenvalue weighted by Crippen LogP contribution is -2.59. The zero-order chi connectivity index (χ0) is 40.0. The van der Waals surface area contributed by atoms with E-state index in [1.54, 1.807) is 0 Å². The van der Waals surface area contributed by atoms with Crippen LogP contribution in [0, 0.1) is 0 Å². The molecule has 2 saturated heterocycles. The van der Waals surface area contributed by atoms with E-state index < -0.39 is 86.2 Å². The molecule has 1 aromatic heterocycles. The summed E-state index contributed by atoms with van der Waals surface area (Å²) in [6.07, 6.45) is -4.02. The van der Waals surface area contributed by atoms with E-state index in [4.69, 9.17) is 5.73 Å². The Balaban J connectivity index is 1.20. The van der Waals surface area contributed by atoms with Crippen molar-refractivity contribution in [1.29, 1.82) is 0 Å². The number of nitrogens with two attached hydrogens (primary N) is 1. The Morgan fingerprint density at radius 2 is 1.62 bits per heavy atom. The molecule has 5 amide bonds. The third-order valence-corrected chi connectivity index (χ3v) is 10.5. The summed E-state index contributed by atoms with van der Waals surface area (Å²) in [4.78, 5) is 71.7. The highest BCUT2D eigenvalue weighted by Gasteiger charge is 2.46. The second-order valence-electron chi connectivity index (χ2n) is 14.0. The monoisotopic (exact) mass is 790 g/mol. The molecule has 5 atom stereocenters. The molecule has 4 aromatic rings. The van der Waals surface area contributed by atoms with Gasteiger partial charge in [0.25, 0.3) is 5.91 Å². The van der Waals surface area contributed by atoms with Crippen molar-refractivity contribution >= 4 is 49.1 Å². The van der Waals surface area contributed by atoms with Crippen LogP contribution in [0.3, 0.4) is 0 Å². The minimum absolute atomic E-state index is 0.0374. The van der Waals surface area contributed by atoms with E-state index in [0.29, 0.717) is 11.9 Å². The summed E-state index contributed by atoms with van der Waals surface area (Å²) in [5.74, 6) is -3.19. The second kappa shape index (κ2) is 17.5. The number of benzene rings is 3. The molecule has 3 heterocycles. The molecule has 294 valence electrons. The van der Waals surface area contributed by atoms with Gasteiger partial charge in [-0.15, -0.1) is 0 Å². The number of aromatic amines is 1. The van der Waals surface area contributed by atoms with Crippen molar-refractivity contribution in [2.24, 2.45) is 5.73 Å². The lowest BCUT2D eigenvalue weighted by Gasteiger charge is -2.36. The molecule has 7 N–H and O–H groups in total. The van der Waals surface area contributed by atoms with Crippen LogP contribution in [0.5, 0.6) is 0 Å². The van der Waals surface area contributed by atoms with Gasteiger partial charge in [0.05, 0.1) is 17.7 Å². The number of nitrogens with zero attached hydrogens (tertiary/aromatic N) is 1. The summed E-state index contributed by atoms with van der Waals surface area (Å²) in [6.45, 7) is 0. The zero-order valence-corrected chi connectivity index (χ0v) is 30.9. The predicted molar refractivity (Wildman–Crippen MR) is 199 cm³/mol. The summed E-state index contributed by atoms with van der Waals surface area (Å²) in [7, 11) is -1.21. The number of aliphatic hydroxyl groups excluding tert-OH is 1. The SMILES string of the molecule is NC(=O)CC[C@H](NC(=O)[C@@H]1CC[C@@H]2C[C@H](O)CC[C@H](NC(=O)c3cc4cc(C(F)(F)OP=O)ccc4[nH]3)C(=O)N21)C(=O)NC(c1ccccc1)c1ccccc1. The van der Waals surface area contributed by atoms with Crippen molar-refractivity contribution in [2.45, 2.75) is 87.4 Å². The molecule has 2 aliphatic heterocycles. The molecule has 14 nitrogen and oxygen atoms in total. The van der Waals surface area contributed by atoms with E-state index in [2.05, 4.69) is 25.5 Å². The van der Waals surface area contributed by atoms with Gasteiger partial charge in [-0.1, -0.05) is 60.7 Å². The number of alkyl halides is 2. The van der Waals surface area contributed by atoms with E-state index in [0.717, 1.165) is 23.3 Å². The van der Waals surface area contributed by atoms with Crippen LogP contribution in [-0.2, 0) is 34.4 Å². The van der Waals surface area contributed by atoms with Crippen LogP contribution in [0.4, 0.5) is 8.78 Å². The van der Waals surface area contributed by atoms with Gasteiger partial charge in [0.2, 0.25) is 23.6 Å². The van der Waals surface area contributed by atoms with Crippen molar-refractivity contribution in [3.8, 4) is 0 Å². The summed E-state index contributed by atoms with van der Waals surface area (Å²) in [6, 6.07) is 18.6. The first kappa shape index (κ1) is 40.1. The lowest BCUT2D eigenvalue weighted by molar-refractivity contribution is -0.178. The van der Waals surface area contributed by atoms with Gasteiger partial charge in [-0.25, -0.2) is 9.09 Å². The van der Waals surface area contributed by atoms with Gasteiger partial charge in [-0.3, -0.25) is 24.0 Å². The number of amides is 5. The Morgan fingerprint density at radius 3 is 2.27 bits per heavy atom. The first-order valence-corrected chi connectivity index (χ1v) is 18.9. The maximum atomic E-state index is 14.2. The van der Waals surface area contributed by atoms with Crippen LogP contribution in [0.1, 0.15) is 78.2 Å². The number of carbonyl (C=O) groups excluding carboxylic acids is 5. The molecule has 0 radical (unpaired) electrons. The van der Waals surface area contributed by atoms with Crippen LogP contribution in [0.25, 0.3) is 10.9 Å². The van der Waals surface area contributed by atoms with Crippen LogP contribution in [0.15, 0.2) is 84.9 Å². The van der Waals surface area contributed by atoms with Gasteiger partial charge in [0.15, 0.2) is 0 Å². The molecule has 6 rings (SSSR count). The molecule has 17 heteroatoms. The summed E-state index contributed by atoms with van der Waals surface area (Å²) >= 11 is 0. The molecule has 0 aliphatic carbocycles. The number of fused-ring (bicyclic) bond motifs is 2. The van der Waals surface area contributed by atoms with Crippen LogP contribution in [0.2, 0.25) is 0 Å². The molecule has 2 fully saturated rings. The molecular weight excluding hydrogens is 749 g/mol. The number of hydrogen-bond donors (Lipinski definition) is 6. The molecule has 3 aromatic carbocycles. The number of H-pyrrole nitrogens is 1. The highest BCUT2D eigenvalue weighted by molar-refractivity contribution is 7.17. The molecule has 0 spiro atoms. The Morgan fingerprint density at radius 1 is 0.946 bits per heavy atom. The molecule has 0 saturated carbocycles. The van der Waals surface area contributed by atoms with E-state index in [9.17, 15) is 42.4 Å². The maximum absolute atomic E-state index is 14.2. The number of hydrogen-bond acceptors (Lipinski definition) is 8. The largest absolute Gasteiger partial charge is 0.393 e. The fraction of sp³-hybridized carbons (Fsp3) is 0.359. The van der Waals surface area contributed by atoms with Gasteiger partial charge in [-0.05, 0) is 73.9 Å². The number of aliphatic hydroxyl groups is 1. The minimum atomic E-state index is -3.85. The number of carbonyl (C=O) groups is 5. The highest BCUT2D eigenvalue weighted by Crippen LogP contribution is 2.35. The Hall–Kier alpha value is -5.57. The molecule has 0 bridgehead atoms. The summed E-state index contributed by atoms with van der Waals surface area (Å²) < 4.78 is 43.1. The molecule has 2 aliphatic rings. The zero-order valence-electron chi connectivity index (χ0n) is 30.0. The molecule has 0 unspecified atom stereocenters. The predicted octanol–water partition coefficient (Wildman–Crippen LogP) is 4.10. The number of primary amides is 1. The van der Waals surface area contributed by atoms with Crippen molar-refractivity contribution < 1.29 is 46.9 Å². The Labute approximate surface area is 321 Å². The molecule has 56 heavy (non-hydrogen) atoms. The van der Waals surface area contributed by atoms with Gasteiger partial charge >= 0.3 is 14.8 Å². The van der Waals surface area contributed by atoms with Crippen molar-refractivity contribution in [3.63, 3.8) is 0 Å². The van der Waals surface area contributed by atoms with E-state index >= 15 is 0 Å². The summed E-state index contributed by atoms with van der Waals surface area (Å²) in [5, 5.41) is 19.5. The van der Waals surface area contributed by atoms with Gasteiger partial charge in [0, 0.05) is 23.4 Å². The van der Waals surface area contributed by atoms with Crippen molar-refractivity contribution in [1.82, 2.24) is 25.8 Å². The van der Waals surface area contributed by atoms with Crippen molar-refractivity contribution in [3.05, 3.63) is 107 Å². The fourth-order valence-electron chi connectivity index (χ4n) is 7.42. The average Bonchev–Trinajstić information content (AvgIpc) is 3.81. The first-order valence-electron chi connectivity index (χ1n) is 18.2.